The molecule has 4 heteroatoms. The van der Waals surface area contributed by atoms with Crippen LogP contribution in [0.4, 0.5) is 0 Å². The lowest BCUT2D eigenvalue weighted by atomic mass is 10.1. The zero-order valence-electron chi connectivity index (χ0n) is 9.37. The monoisotopic (exact) mass is 220 g/mol. The number of hydrogen-bond donors (Lipinski definition) is 0. The number of hydrogen-bond acceptors (Lipinski definition) is 4. The summed E-state index contributed by atoms with van der Waals surface area (Å²) in [4.78, 5) is 11.5. The molecule has 2 rings (SSSR count). The van der Waals surface area contributed by atoms with E-state index in [-0.39, 0.29) is 5.76 Å². The van der Waals surface area contributed by atoms with Crippen LogP contribution in [0.1, 0.15) is 16.1 Å². The molecule has 1 aromatic heterocycles. The van der Waals surface area contributed by atoms with Crippen molar-refractivity contribution in [2.24, 2.45) is 0 Å². The van der Waals surface area contributed by atoms with Crippen LogP contribution in [0, 0.1) is 6.92 Å². The number of methoxy groups -OCH3 is 2. The lowest BCUT2D eigenvalue weighted by molar-refractivity contribution is 0.0563. The Morgan fingerprint density at radius 1 is 1.31 bits per heavy atom. The van der Waals surface area contributed by atoms with Crippen LogP contribution < -0.4 is 4.74 Å². The summed E-state index contributed by atoms with van der Waals surface area (Å²) in [5.74, 6) is -0.00713. The van der Waals surface area contributed by atoms with E-state index in [1.165, 1.54) is 14.2 Å². The van der Waals surface area contributed by atoms with Gasteiger partial charge in [0.15, 0.2) is 5.75 Å². The Morgan fingerprint density at radius 2 is 2.06 bits per heavy atom. The molecular weight excluding hydrogens is 208 g/mol. The third kappa shape index (κ3) is 1.43. The Kier molecular flexibility index (Phi) is 2.56. The van der Waals surface area contributed by atoms with Crippen molar-refractivity contribution in [3.63, 3.8) is 0 Å². The molecule has 2 aromatic rings. The molecule has 0 spiro atoms. The van der Waals surface area contributed by atoms with Crippen LogP contribution in [-0.4, -0.2) is 20.2 Å². The molecule has 0 radical (unpaired) electrons. The number of ether oxygens (including phenoxy) is 2. The molecule has 0 unspecified atom stereocenters. The lowest BCUT2D eigenvalue weighted by Gasteiger charge is -1.98. The Hall–Kier alpha value is -1.97. The minimum absolute atomic E-state index is 0.106. The van der Waals surface area contributed by atoms with Crippen LogP contribution in [0.2, 0.25) is 0 Å². The summed E-state index contributed by atoms with van der Waals surface area (Å²) < 4.78 is 15.3. The standard InChI is InChI=1S/C12H12O4/c1-7-5-4-6-8-9(7)16-11(10(8)14-2)12(13)15-3/h4-6H,1-3H3. The third-order valence-corrected chi connectivity index (χ3v) is 2.44. The van der Waals surface area contributed by atoms with Crippen LogP contribution in [0.15, 0.2) is 22.6 Å². The van der Waals surface area contributed by atoms with Gasteiger partial charge in [-0.25, -0.2) is 4.79 Å². The van der Waals surface area contributed by atoms with E-state index >= 15 is 0 Å². The second-order valence-electron chi connectivity index (χ2n) is 3.41. The summed E-state index contributed by atoms with van der Waals surface area (Å²) in [6.07, 6.45) is 0. The fourth-order valence-corrected chi connectivity index (χ4v) is 1.67. The van der Waals surface area contributed by atoms with E-state index in [4.69, 9.17) is 9.15 Å². The summed E-state index contributed by atoms with van der Waals surface area (Å²) in [7, 11) is 2.81. The van der Waals surface area contributed by atoms with Gasteiger partial charge in [-0.2, -0.15) is 0 Å². The minimum Gasteiger partial charge on any atom is -0.492 e. The first kappa shape index (κ1) is 10.5. The molecule has 0 saturated carbocycles. The van der Waals surface area contributed by atoms with E-state index in [0.29, 0.717) is 11.3 Å². The summed E-state index contributed by atoms with van der Waals surface area (Å²) >= 11 is 0. The van der Waals surface area contributed by atoms with Crippen LogP contribution in [0.25, 0.3) is 11.0 Å². The van der Waals surface area contributed by atoms with Gasteiger partial charge < -0.3 is 13.9 Å². The molecule has 0 amide bonds. The van der Waals surface area contributed by atoms with Gasteiger partial charge in [-0.05, 0) is 18.6 Å². The van der Waals surface area contributed by atoms with Gasteiger partial charge >= 0.3 is 5.97 Å². The zero-order chi connectivity index (χ0) is 11.7. The van der Waals surface area contributed by atoms with E-state index in [9.17, 15) is 4.79 Å². The van der Waals surface area contributed by atoms with E-state index < -0.39 is 5.97 Å². The van der Waals surface area contributed by atoms with E-state index in [1.807, 2.05) is 25.1 Å². The molecule has 0 atom stereocenters. The fraction of sp³-hybridized carbons (Fsp3) is 0.250. The van der Waals surface area contributed by atoms with Gasteiger partial charge in [-0.3, -0.25) is 0 Å². The number of benzene rings is 1. The Balaban J connectivity index is 2.76. The van der Waals surface area contributed by atoms with Gasteiger partial charge in [0.25, 0.3) is 5.76 Å². The molecule has 0 bridgehead atoms. The molecule has 1 heterocycles. The van der Waals surface area contributed by atoms with Crippen LogP contribution in [-0.2, 0) is 4.74 Å². The van der Waals surface area contributed by atoms with Crippen molar-refractivity contribution in [1.82, 2.24) is 0 Å². The molecular formula is C12H12O4. The smallest absolute Gasteiger partial charge is 0.377 e. The number of esters is 1. The highest BCUT2D eigenvalue weighted by Crippen LogP contribution is 2.34. The van der Waals surface area contributed by atoms with Crippen molar-refractivity contribution in [2.75, 3.05) is 14.2 Å². The van der Waals surface area contributed by atoms with Crippen molar-refractivity contribution in [1.29, 1.82) is 0 Å². The highest BCUT2D eigenvalue weighted by molar-refractivity contribution is 5.99. The van der Waals surface area contributed by atoms with Crippen molar-refractivity contribution < 1.29 is 18.7 Å². The number of para-hydroxylation sites is 1. The van der Waals surface area contributed by atoms with E-state index in [2.05, 4.69) is 4.74 Å². The topological polar surface area (TPSA) is 48.7 Å². The third-order valence-electron chi connectivity index (χ3n) is 2.44. The Morgan fingerprint density at radius 3 is 2.69 bits per heavy atom. The van der Waals surface area contributed by atoms with Crippen molar-refractivity contribution in [3.8, 4) is 5.75 Å². The molecule has 4 nitrogen and oxygen atoms in total. The largest absolute Gasteiger partial charge is 0.492 e. The zero-order valence-corrected chi connectivity index (χ0v) is 9.37. The normalized spacial score (nSPS) is 10.4. The second-order valence-corrected chi connectivity index (χ2v) is 3.41. The summed E-state index contributed by atoms with van der Waals surface area (Å²) in [6.45, 7) is 1.91. The number of furan rings is 1. The molecule has 0 N–H and O–H groups in total. The van der Waals surface area contributed by atoms with Gasteiger partial charge in [0, 0.05) is 0 Å². The molecule has 0 aliphatic carbocycles. The number of carbonyl (C=O) groups excluding carboxylic acids is 1. The maximum Gasteiger partial charge on any atom is 0.377 e. The number of aryl methyl sites for hydroxylation is 1. The van der Waals surface area contributed by atoms with Gasteiger partial charge in [-0.15, -0.1) is 0 Å². The summed E-state index contributed by atoms with van der Waals surface area (Å²) in [5, 5.41) is 0.780. The predicted molar refractivity (Wildman–Crippen MR) is 58.8 cm³/mol. The predicted octanol–water partition coefficient (Wildman–Crippen LogP) is 2.54. The molecule has 0 aliphatic heterocycles. The SMILES string of the molecule is COC(=O)c1oc2c(C)cccc2c1OC. The number of fused-ring (bicyclic) bond motifs is 1. The van der Waals surface area contributed by atoms with Crippen LogP contribution >= 0.6 is 0 Å². The molecule has 16 heavy (non-hydrogen) atoms. The van der Waals surface area contributed by atoms with Gasteiger partial charge in [0.2, 0.25) is 0 Å². The molecule has 0 saturated heterocycles. The average molecular weight is 220 g/mol. The van der Waals surface area contributed by atoms with Gasteiger partial charge in [0.05, 0.1) is 19.6 Å². The number of carbonyl (C=O) groups is 1. The maximum absolute atomic E-state index is 11.5. The maximum atomic E-state index is 11.5. The highest BCUT2D eigenvalue weighted by atomic mass is 16.5. The quantitative estimate of drug-likeness (QED) is 0.730. The van der Waals surface area contributed by atoms with E-state index in [0.717, 1.165) is 10.9 Å². The van der Waals surface area contributed by atoms with Gasteiger partial charge in [0.1, 0.15) is 5.58 Å². The Labute approximate surface area is 92.8 Å². The molecule has 84 valence electrons. The van der Waals surface area contributed by atoms with E-state index in [1.54, 1.807) is 0 Å². The molecule has 1 aromatic carbocycles. The van der Waals surface area contributed by atoms with Crippen LogP contribution in [0.5, 0.6) is 5.75 Å². The van der Waals surface area contributed by atoms with Crippen molar-refractivity contribution in [3.05, 3.63) is 29.5 Å². The van der Waals surface area contributed by atoms with Gasteiger partial charge in [-0.1, -0.05) is 12.1 Å². The van der Waals surface area contributed by atoms with Crippen molar-refractivity contribution >= 4 is 16.9 Å². The van der Waals surface area contributed by atoms with Crippen LogP contribution in [0.3, 0.4) is 0 Å². The first-order valence-electron chi connectivity index (χ1n) is 4.83. The first-order chi connectivity index (χ1) is 7.69. The number of rotatable bonds is 2. The highest BCUT2D eigenvalue weighted by Gasteiger charge is 2.22. The summed E-state index contributed by atoms with van der Waals surface area (Å²) in [6, 6.07) is 5.64. The second kappa shape index (κ2) is 3.89. The van der Waals surface area contributed by atoms with Crippen molar-refractivity contribution in [2.45, 2.75) is 6.92 Å². The fourth-order valence-electron chi connectivity index (χ4n) is 1.67. The molecule has 0 aliphatic rings. The first-order valence-corrected chi connectivity index (χ1v) is 4.83. The summed E-state index contributed by atoms with van der Waals surface area (Å²) in [5.41, 5.74) is 1.60. The molecule has 0 fully saturated rings. The minimum atomic E-state index is -0.535. The average Bonchev–Trinajstić information content (AvgIpc) is 2.68. The Bertz CT molecular complexity index is 539. The lowest BCUT2D eigenvalue weighted by Crippen LogP contribution is -2.01.